The van der Waals surface area contributed by atoms with Crippen LogP contribution in [0.15, 0.2) is 162 Å². The van der Waals surface area contributed by atoms with Gasteiger partial charge < -0.3 is 9.32 Å². The van der Waals surface area contributed by atoms with Crippen molar-refractivity contribution in [1.82, 2.24) is 4.98 Å². The minimum atomic E-state index is 0.859. The van der Waals surface area contributed by atoms with Gasteiger partial charge in [-0.1, -0.05) is 91.0 Å². The Kier molecular flexibility index (Phi) is 5.74. The zero-order chi connectivity index (χ0) is 30.9. The third-order valence-electron chi connectivity index (χ3n) is 9.31. The molecule has 0 spiro atoms. The van der Waals surface area contributed by atoms with Gasteiger partial charge in [0.2, 0.25) is 0 Å². The number of fused-ring (bicyclic) bond motifs is 9. The molecule has 10 aromatic rings. The Balaban J connectivity index is 1.30. The van der Waals surface area contributed by atoms with E-state index >= 15 is 0 Å². The lowest BCUT2D eigenvalue weighted by Gasteiger charge is -2.27. The topological polar surface area (TPSA) is 29.3 Å². The van der Waals surface area contributed by atoms with Crippen LogP contribution in [0.3, 0.4) is 0 Å². The van der Waals surface area contributed by atoms with Crippen LogP contribution in [0.25, 0.3) is 74.8 Å². The van der Waals surface area contributed by atoms with E-state index in [2.05, 4.69) is 149 Å². The van der Waals surface area contributed by atoms with Crippen LogP contribution in [0, 0.1) is 0 Å². The first-order valence-electron chi connectivity index (χ1n) is 15.8. The maximum atomic E-state index is 6.73. The Hall–Kier alpha value is -5.97. The number of aromatic nitrogens is 1. The Morgan fingerprint density at radius 2 is 1.28 bits per heavy atom. The molecule has 3 aromatic heterocycles. The largest absolute Gasteiger partial charge is 0.456 e. The third-order valence-corrected chi connectivity index (χ3v) is 10.5. The molecular weight excluding hydrogens is 593 g/mol. The van der Waals surface area contributed by atoms with Gasteiger partial charge in [-0.2, -0.15) is 0 Å². The number of rotatable bonds is 4. The molecule has 0 atom stereocenters. The van der Waals surface area contributed by atoms with E-state index in [0.717, 1.165) is 60.9 Å². The van der Waals surface area contributed by atoms with Gasteiger partial charge in [0.25, 0.3) is 0 Å². The predicted molar refractivity (Wildman–Crippen MR) is 200 cm³/mol. The molecule has 0 aliphatic rings. The summed E-state index contributed by atoms with van der Waals surface area (Å²) in [6, 6.07) is 52.2. The minimum Gasteiger partial charge on any atom is -0.456 e. The molecule has 3 heterocycles. The summed E-state index contributed by atoms with van der Waals surface area (Å²) in [5.41, 5.74) is 7.19. The van der Waals surface area contributed by atoms with Gasteiger partial charge in [-0.15, -0.1) is 11.3 Å². The van der Waals surface area contributed by atoms with Crippen LogP contribution in [0.5, 0.6) is 0 Å². The van der Waals surface area contributed by atoms with Crippen LogP contribution < -0.4 is 4.90 Å². The number of thiophene rings is 1. The first-order chi connectivity index (χ1) is 23.3. The lowest BCUT2D eigenvalue weighted by Crippen LogP contribution is -2.10. The molecule has 10 rings (SSSR count). The lowest BCUT2D eigenvalue weighted by molar-refractivity contribution is 0.669. The summed E-state index contributed by atoms with van der Waals surface area (Å²) >= 11 is 1.84. The summed E-state index contributed by atoms with van der Waals surface area (Å²) in [6.45, 7) is 0. The number of hydrogen-bond acceptors (Lipinski definition) is 4. The highest BCUT2D eigenvalue weighted by atomic mass is 32.1. The molecular formula is C43H26N2OS. The maximum Gasteiger partial charge on any atom is 0.138 e. The quantitative estimate of drug-likeness (QED) is 0.196. The van der Waals surface area contributed by atoms with Crippen LogP contribution in [-0.2, 0) is 0 Å². The van der Waals surface area contributed by atoms with Crippen molar-refractivity contribution in [2.75, 3.05) is 4.90 Å². The maximum absolute atomic E-state index is 6.73. The molecule has 0 unspecified atom stereocenters. The van der Waals surface area contributed by atoms with Crippen LogP contribution >= 0.6 is 11.3 Å². The molecule has 0 bridgehead atoms. The van der Waals surface area contributed by atoms with E-state index in [1.54, 1.807) is 0 Å². The molecule has 0 N–H and O–H groups in total. The summed E-state index contributed by atoms with van der Waals surface area (Å²) in [5, 5.41) is 9.52. The van der Waals surface area contributed by atoms with Crippen molar-refractivity contribution in [2.24, 2.45) is 0 Å². The molecule has 0 aliphatic heterocycles. The Morgan fingerprint density at radius 1 is 0.511 bits per heavy atom. The molecule has 0 amide bonds. The monoisotopic (exact) mass is 618 g/mol. The minimum absolute atomic E-state index is 0.859. The predicted octanol–water partition coefficient (Wildman–Crippen LogP) is 12.8. The van der Waals surface area contributed by atoms with Gasteiger partial charge in [0.15, 0.2) is 0 Å². The van der Waals surface area contributed by atoms with Crippen molar-refractivity contribution in [3.8, 4) is 11.1 Å². The summed E-state index contributed by atoms with van der Waals surface area (Å²) in [4.78, 5) is 6.82. The average molecular weight is 619 g/mol. The highest BCUT2D eigenvalue weighted by molar-refractivity contribution is 7.25. The zero-order valence-electron chi connectivity index (χ0n) is 25.2. The molecule has 0 radical (unpaired) electrons. The van der Waals surface area contributed by atoms with E-state index in [4.69, 9.17) is 4.42 Å². The smallest absolute Gasteiger partial charge is 0.138 e. The second kappa shape index (κ2) is 10.3. The molecule has 47 heavy (non-hydrogen) atoms. The van der Waals surface area contributed by atoms with Crippen LogP contribution in [0.2, 0.25) is 0 Å². The van der Waals surface area contributed by atoms with Crippen molar-refractivity contribution in [3.05, 3.63) is 158 Å². The van der Waals surface area contributed by atoms with Gasteiger partial charge in [-0.05, 0) is 70.3 Å². The van der Waals surface area contributed by atoms with Crippen molar-refractivity contribution < 1.29 is 4.42 Å². The summed E-state index contributed by atoms with van der Waals surface area (Å²) in [6.07, 6.45) is 3.74. The molecule has 0 aliphatic carbocycles. The number of benzene rings is 7. The highest BCUT2D eigenvalue weighted by Gasteiger charge is 2.22. The molecule has 0 saturated carbocycles. The van der Waals surface area contributed by atoms with Crippen LogP contribution in [-0.4, -0.2) is 4.98 Å². The Bertz CT molecular complexity index is 2810. The van der Waals surface area contributed by atoms with E-state index in [9.17, 15) is 0 Å². The van der Waals surface area contributed by atoms with E-state index in [-0.39, 0.29) is 0 Å². The number of nitrogens with zero attached hydrogens (tertiary/aromatic N) is 2. The third kappa shape index (κ3) is 4.09. The van der Waals surface area contributed by atoms with Crippen molar-refractivity contribution in [1.29, 1.82) is 0 Å². The molecule has 220 valence electrons. The Morgan fingerprint density at radius 3 is 2.17 bits per heavy atom. The van der Waals surface area contributed by atoms with E-state index in [0.29, 0.717) is 0 Å². The summed E-state index contributed by atoms with van der Waals surface area (Å²) in [7, 11) is 0. The average Bonchev–Trinajstić information content (AvgIpc) is 3.70. The van der Waals surface area contributed by atoms with Gasteiger partial charge in [0.1, 0.15) is 11.2 Å². The number of furan rings is 1. The van der Waals surface area contributed by atoms with Gasteiger partial charge in [-0.25, -0.2) is 0 Å². The summed E-state index contributed by atoms with van der Waals surface area (Å²) in [5.74, 6) is 0. The van der Waals surface area contributed by atoms with E-state index in [1.165, 1.54) is 30.9 Å². The number of pyridine rings is 1. The Labute approximate surface area is 274 Å². The number of anilines is 3. The van der Waals surface area contributed by atoms with Gasteiger partial charge >= 0.3 is 0 Å². The van der Waals surface area contributed by atoms with Crippen molar-refractivity contribution >= 4 is 92.1 Å². The van der Waals surface area contributed by atoms with E-state index < -0.39 is 0 Å². The molecule has 4 heteroatoms. The first-order valence-corrected chi connectivity index (χ1v) is 16.6. The number of hydrogen-bond donors (Lipinski definition) is 0. The van der Waals surface area contributed by atoms with Crippen LogP contribution in [0.4, 0.5) is 17.1 Å². The molecule has 7 aromatic carbocycles. The highest BCUT2D eigenvalue weighted by Crippen LogP contribution is 2.47. The fourth-order valence-electron chi connectivity index (χ4n) is 7.21. The standard InChI is InChI=1S/C43H26N2OS/c1-2-10-28-23-30(19-18-27(28)9-1)45(31-20-21-41-36(24-31)34-13-5-6-17-40(34)47-41)37-25-39-43(35-14-4-3-12-33(35)37)42-32(15-7-16-38(42)46-39)29-11-8-22-44-26-29/h1-26H. The summed E-state index contributed by atoms with van der Waals surface area (Å²) < 4.78 is 9.31. The normalized spacial score (nSPS) is 11.8. The van der Waals surface area contributed by atoms with Gasteiger partial charge in [-0.3, -0.25) is 4.98 Å². The first kappa shape index (κ1) is 26.3. The van der Waals surface area contributed by atoms with Crippen molar-refractivity contribution in [3.63, 3.8) is 0 Å². The second-order valence-electron chi connectivity index (χ2n) is 12.0. The molecule has 0 saturated heterocycles. The van der Waals surface area contributed by atoms with Crippen molar-refractivity contribution in [2.45, 2.75) is 0 Å². The van der Waals surface area contributed by atoms with Gasteiger partial charge in [0.05, 0.1) is 5.69 Å². The molecule has 0 fully saturated rings. The van der Waals surface area contributed by atoms with Crippen LogP contribution in [0.1, 0.15) is 0 Å². The zero-order valence-corrected chi connectivity index (χ0v) is 26.0. The fourth-order valence-corrected chi connectivity index (χ4v) is 8.29. The fraction of sp³-hybridized carbons (Fsp3) is 0. The van der Waals surface area contributed by atoms with E-state index in [1.807, 2.05) is 29.8 Å². The SMILES string of the molecule is c1cncc(-c2cccc3oc4cc(N(c5ccc6ccccc6c5)c5ccc6sc7ccccc7c6c5)c5ccccc5c4c23)c1. The van der Waals surface area contributed by atoms with Gasteiger partial charge in [0, 0.05) is 71.7 Å². The second-order valence-corrected chi connectivity index (χ2v) is 13.1. The lowest BCUT2D eigenvalue weighted by atomic mass is 9.96. The molecule has 3 nitrogen and oxygen atoms in total.